The molecule has 0 aromatic carbocycles. The van der Waals surface area contributed by atoms with Gasteiger partial charge in [-0.05, 0) is 6.08 Å². The summed E-state index contributed by atoms with van der Waals surface area (Å²) in [7, 11) is 5.46. The number of fused-ring (bicyclic) bond motifs is 1. The molecule has 0 aliphatic rings. The first-order valence-electron chi connectivity index (χ1n) is 8.41. The van der Waals surface area contributed by atoms with Gasteiger partial charge in [0.25, 0.3) is 0 Å². The van der Waals surface area contributed by atoms with Gasteiger partial charge in [-0.1, -0.05) is 5.21 Å². The van der Waals surface area contributed by atoms with Crippen LogP contribution in [0.1, 0.15) is 26.8 Å². The number of allylic oxidation sites excluding steroid dienone is 2. The first-order valence-corrected chi connectivity index (χ1v) is 9.23. The molecule has 0 saturated heterocycles. The molecule has 28 heavy (non-hydrogen) atoms. The summed E-state index contributed by atoms with van der Waals surface area (Å²) in [6, 6.07) is 0. The number of hydrazone groups is 1. The quantitative estimate of drug-likeness (QED) is 0.331. The van der Waals surface area contributed by atoms with Crippen LogP contribution in [0.3, 0.4) is 0 Å². The summed E-state index contributed by atoms with van der Waals surface area (Å²) in [6.07, 6.45) is 7.31. The first kappa shape index (κ1) is 19.4. The third-order valence-corrected chi connectivity index (χ3v) is 5.28. The largest absolute Gasteiger partial charge is 0.402 e. The second-order valence-electron chi connectivity index (χ2n) is 6.23. The Kier molecular flexibility index (Phi) is 5.64. The first-order chi connectivity index (χ1) is 13.4. The molecule has 0 radical (unpaired) electrons. The molecule has 3 aromatic heterocycles. The van der Waals surface area contributed by atoms with Gasteiger partial charge in [-0.15, -0.1) is 16.4 Å². The van der Waals surface area contributed by atoms with Crippen molar-refractivity contribution in [3.63, 3.8) is 0 Å². The standard InChI is InChI=1S/C17H21N9OS/c1-24(9-12-7-20-23-26(12)3)21-8-13-14(10-27)25(2)17-16(13)28-15(22-17)6-11(19)4-5-18/h4-5,7-8,10,18H,6,9,19H2,1-3H3/b11-4?,18-5?,21-8-. The Balaban J connectivity index is 1.91. The Morgan fingerprint density at radius 1 is 1.46 bits per heavy atom. The summed E-state index contributed by atoms with van der Waals surface area (Å²) in [5.74, 6) is 0. The molecule has 0 fully saturated rings. The number of nitrogens with two attached hydrogens (primary N) is 1. The predicted molar refractivity (Wildman–Crippen MR) is 109 cm³/mol. The van der Waals surface area contributed by atoms with Gasteiger partial charge < -0.3 is 15.7 Å². The summed E-state index contributed by atoms with van der Waals surface area (Å²) >= 11 is 1.47. The van der Waals surface area contributed by atoms with Crippen LogP contribution in [0.4, 0.5) is 0 Å². The summed E-state index contributed by atoms with van der Waals surface area (Å²) in [4.78, 5) is 16.2. The van der Waals surface area contributed by atoms with Crippen LogP contribution in [-0.2, 0) is 27.1 Å². The van der Waals surface area contributed by atoms with Crippen LogP contribution in [-0.4, -0.2) is 55.3 Å². The average Bonchev–Trinajstić information content (AvgIpc) is 3.30. The molecule has 146 valence electrons. The van der Waals surface area contributed by atoms with Gasteiger partial charge >= 0.3 is 0 Å². The molecule has 11 heteroatoms. The maximum Gasteiger partial charge on any atom is 0.167 e. The highest BCUT2D eigenvalue weighted by molar-refractivity contribution is 7.19. The van der Waals surface area contributed by atoms with Crippen molar-refractivity contribution >= 4 is 40.4 Å². The lowest BCUT2D eigenvalue weighted by Crippen LogP contribution is -2.14. The van der Waals surface area contributed by atoms with Gasteiger partial charge in [-0.25, -0.2) is 4.98 Å². The molecular weight excluding hydrogens is 378 g/mol. The summed E-state index contributed by atoms with van der Waals surface area (Å²) in [5, 5.41) is 21.9. The van der Waals surface area contributed by atoms with Crippen molar-refractivity contribution in [2.75, 3.05) is 7.05 Å². The number of carbonyl (C=O) groups is 1. The van der Waals surface area contributed by atoms with E-state index >= 15 is 0 Å². The van der Waals surface area contributed by atoms with Gasteiger partial charge in [0.2, 0.25) is 0 Å². The Bertz CT molecular complexity index is 1070. The number of hydrogen-bond acceptors (Lipinski definition) is 9. The van der Waals surface area contributed by atoms with Crippen molar-refractivity contribution in [3.8, 4) is 0 Å². The highest BCUT2D eigenvalue weighted by Crippen LogP contribution is 2.29. The van der Waals surface area contributed by atoms with E-state index in [0.717, 1.165) is 33.5 Å². The molecule has 0 amide bonds. The Morgan fingerprint density at radius 3 is 2.89 bits per heavy atom. The molecule has 0 unspecified atom stereocenters. The van der Waals surface area contributed by atoms with Crippen LogP contribution in [0.2, 0.25) is 0 Å². The molecule has 0 aliphatic carbocycles. The summed E-state index contributed by atoms with van der Waals surface area (Å²) < 4.78 is 4.32. The van der Waals surface area contributed by atoms with Crippen molar-refractivity contribution in [1.82, 2.24) is 29.6 Å². The van der Waals surface area contributed by atoms with E-state index in [1.807, 2.05) is 14.1 Å². The second kappa shape index (κ2) is 8.13. The number of carbonyl (C=O) groups excluding carboxylic acids is 1. The zero-order valence-electron chi connectivity index (χ0n) is 15.8. The van der Waals surface area contributed by atoms with E-state index in [4.69, 9.17) is 11.1 Å². The molecule has 3 N–H and O–H groups in total. The molecule has 0 bridgehead atoms. The number of thiazole rings is 1. The predicted octanol–water partition coefficient (Wildman–Crippen LogP) is 1.08. The SMILES string of the molecule is CN(Cc1cnnn1C)/N=C\c1c(C=O)n(C)c2nc(CC(N)=CC=N)sc12. The minimum absolute atomic E-state index is 0.453. The molecule has 3 rings (SSSR count). The molecule has 0 saturated carbocycles. The third kappa shape index (κ3) is 3.83. The molecule has 0 atom stereocenters. The minimum Gasteiger partial charge on any atom is -0.402 e. The number of nitrogens with one attached hydrogen (secondary N) is 1. The van der Waals surface area contributed by atoms with Crippen molar-refractivity contribution < 1.29 is 4.79 Å². The molecule has 10 nitrogen and oxygen atoms in total. The van der Waals surface area contributed by atoms with E-state index in [1.165, 1.54) is 17.4 Å². The van der Waals surface area contributed by atoms with E-state index in [0.29, 0.717) is 30.0 Å². The van der Waals surface area contributed by atoms with Crippen molar-refractivity contribution in [2.24, 2.45) is 24.9 Å². The second-order valence-corrected chi connectivity index (χ2v) is 7.31. The highest BCUT2D eigenvalue weighted by Gasteiger charge is 2.18. The van der Waals surface area contributed by atoms with Crippen LogP contribution in [0.25, 0.3) is 10.3 Å². The maximum atomic E-state index is 11.6. The molecule has 3 heterocycles. The van der Waals surface area contributed by atoms with E-state index in [1.54, 1.807) is 33.7 Å². The zero-order chi connectivity index (χ0) is 20.3. The lowest BCUT2D eigenvalue weighted by atomic mass is 10.3. The fourth-order valence-corrected chi connectivity index (χ4v) is 3.89. The van der Waals surface area contributed by atoms with E-state index in [-0.39, 0.29) is 0 Å². The van der Waals surface area contributed by atoms with Crippen LogP contribution in [0.15, 0.2) is 23.1 Å². The van der Waals surface area contributed by atoms with E-state index in [2.05, 4.69) is 20.4 Å². The lowest BCUT2D eigenvalue weighted by Gasteiger charge is -2.11. The van der Waals surface area contributed by atoms with E-state index < -0.39 is 0 Å². The van der Waals surface area contributed by atoms with E-state index in [9.17, 15) is 4.79 Å². The fraction of sp³-hybridized carbons (Fsp3) is 0.294. The molecule has 3 aromatic rings. The minimum atomic E-state index is 0.453. The topological polar surface area (TPSA) is 131 Å². The fourth-order valence-electron chi connectivity index (χ4n) is 2.74. The number of aryl methyl sites for hydroxylation is 2. The highest BCUT2D eigenvalue weighted by atomic mass is 32.1. The molecular formula is C17H21N9OS. The number of aldehydes is 1. The zero-order valence-corrected chi connectivity index (χ0v) is 16.6. The van der Waals surface area contributed by atoms with Crippen molar-refractivity contribution in [1.29, 1.82) is 5.41 Å². The summed E-state index contributed by atoms with van der Waals surface area (Å²) in [5.41, 5.74) is 9.31. The van der Waals surface area contributed by atoms with Crippen LogP contribution >= 0.6 is 11.3 Å². The lowest BCUT2D eigenvalue weighted by molar-refractivity contribution is 0.111. The van der Waals surface area contributed by atoms with Gasteiger partial charge in [0.1, 0.15) is 5.01 Å². The summed E-state index contributed by atoms with van der Waals surface area (Å²) in [6.45, 7) is 0.533. The van der Waals surface area contributed by atoms with Crippen molar-refractivity contribution in [3.05, 3.63) is 39.9 Å². The van der Waals surface area contributed by atoms with Gasteiger partial charge in [-0.2, -0.15) is 5.10 Å². The van der Waals surface area contributed by atoms with Crippen molar-refractivity contribution in [2.45, 2.75) is 13.0 Å². The third-order valence-electron chi connectivity index (χ3n) is 4.20. The number of nitrogens with zero attached hydrogens (tertiary/aromatic N) is 7. The van der Waals surface area contributed by atoms with Gasteiger partial charge in [0.05, 0.1) is 35.0 Å². The van der Waals surface area contributed by atoms with Gasteiger partial charge in [0, 0.05) is 45.0 Å². The van der Waals surface area contributed by atoms with Crippen LogP contribution < -0.4 is 5.73 Å². The van der Waals surface area contributed by atoms with Gasteiger partial charge in [0.15, 0.2) is 11.9 Å². The maximum absolute atomic E-state index is 11.6. The number of rotatable bonds is 8. The Morgan fingerprint density at radius 2 is 2.25 bits per heavy atom. The normalized spacial score (nSPS) is 12.2. The number of hydrogen-bond donors (Lipinski definition) is 2. The monoisotopic (exact) mass is 399 g/mol. The van der Waals surface area contributed by atoms with Gasteiger partial charge in [-0.3, -0.25) is 14.5 Å². The van der Waals surface area contributed by atoms with Crippen LogP contribution in [0, 0.1) is 5.41 Å². The average molecular weight is 399 g/mol. The smallest absolute Gasteiger partial charge is 0.167 e. The Labute approximate surface area is 165 Å². The number of aromatic nitrogens is 5. The molecule has 0 aliphatic heterocycles. The molecule has 0 spiro atoms. The Hall–Kier alpha value is -3.34. The van der Waals surface area contributed by atoms with Crippen LogP contribution in [0.5, 0.6) is 0 Å².